The summed E-state index contributed by atoms with van der Waals surface area (Å²) < 4.78 is 0. The highest BCUT2D eigenvalue weighted by Crippen LogP contribution is 2.25. The second-order valence-corrected chi connectivity index (χ2v) is 4.08. The van der Waals surface area contributed by atoms with Gasteiger partial charge in [-0.25, -0.2) is 0 Å². The van der Waals surface area contributed by atoms with Crippen LogP contribution < -0.4 is 0 Å². The molecule has 1 rings (SSSR count). The molecule has 0 aliphatic carbocycles. The topological polar surface area (TPSA) is 3.24 Å². The van der Waals surface area contributed by atoms with Crippen molar-refractivity contribution in [2.75, 3.05) is 14.1 Å². The van der Waals surface area contributed by atoms with Crippen molar-refractivity contribution < 1.29 is 0 Å². The minimum atomic E-state index is 0.544. The minimum Gasteiger partial charge on any atom is -0.378 e. The summed E-state index contributed by atoms with van der Waals surface area (Å²) in [7, 11) is 4.05. The first-order valence-corrected chi connectivity index (χ1v) is 4.99. The van der Waals surface area contributed by atoms with Crippen LogP contribution in [0.2, 0.25) is 0 Å². The highest BCUT2D eigenvalue weighted by molar-refractivity contribution is 5.65. The van der Waals surface area contributed by atoms with Crippen LogP contribution in [0.25, 0.3) is 5.70 Å². The van der Waals surface area contributed by atoms with Gasteiger partial charge in [0.2, 0.25) is 0 Å². The molecule has 0 saturated heterocycles. The summed E-state index contributed by atoms with van der Waals surface area (Å²) in [6.45, 7) is 8.51. The van der Waals surface area contributed by atoms with E-state index in [1.165, 1.54) is 11.1 Å². The summed E-state index contributed by atoms with van der Waals surface area (Å²) in [5, 5.41) is 0. The fraction of sp³-hybridized carbons (Fsp3) is 0.385. The maximum Gasteiger partial charge on any atom is 0.0364 e. The van der Waals surface area contributed by atoms with Gasteiger partial charge in [0.1, 0.15) is 0 Å². The smallest absolute Gasteiger partial charge is 0.0364 e. The van der Waals surface area contributed by atoms with Crippen molar-refractivity contribution in [1.29, 1.82) is 0 Å². The van der Waals surface area contributed by atoms with Crippen LogP contribution in [-0.2, 0) is 0 Å². The summed E-state index contributed by atoms with van der Waals surface area (Å²) in [5.74, 6) is 0.544. The maximum atomic E-state index is 4.09. The largest absolute Gasteiger partial charge is 0.378 e. The van der Waals surface area contributed by atoms with Crippen molar-refractivity contribution in [1.82, 2.24) is 4.90 Å². The van der Waals surface area contributed by atoms with Crippen LogP contribution in [0, 0.1) is 0 Å². The Hall–Kier alpha value is -1.24. The van der Waals surface area contributed by atoms with Crippen LogP contribution in [0.3, 0.4) is 0 Å². The Morgan fingerprint density at radius 3 is 2.29 bits per heavy atom. The van der Waals surface area contributed by atoms with Crippen molar-refractivity contribution in [3.8, 4) is 0 Å². The third kappa shape index (κ3) is 2.16. The molecule has 1 aromatic carbocycles. The zero-order valence-corrected chi connectivity index (χ0v) is 9.54. The molecule has 0 fully saturated rings. The average Bonchev–Trinajstić information content (AvgIpc) is 2.16. The molecule has 0 atom stereocenters. The monoisotopic (exact) mass is 189 g/mol. The molecule has 0 radical (unpaired) electrons. The van der Waals surface area contributed by atoms with Gasteiger partial charge >= 0.3 is 0 Å². The van der Waals surface area contributed by atoms with Gasteiger partial charge in [-0.15, -0.1) is 0 Å². The molecule has 76 valence electrons. The Morgan fingerprint density at radius 1 is 1.21 bits per heavy atom. The number of nitrogens with zero attached hydrogens (tertiary/aromatic N) is 1. The SMILES string of the molecule is C=C(c1ccccc1C(C)C)N(C)C. The lowest BCUT2D eigenvalue weighted by molar-refractivity contribution is 0.591. The predicted molar refractivity (Wildman–Crippen MR) is 63.3 cm³/mol. The van der Waals surface area contributed by atoms with Gasteiger partial charge in [-0.1, -0.05) is 44.7 Å². The molecule has 0 saturated carbocycles. The molecule has 0 aromatic heterocycles. The fourth-order valence-electron chi connectivity index (χ4n) is 1.50. The van der Waals surface area contributed by atoms with Gasteiger partial charge in [-0.2, -0.15) is 0 Å². The van der Waals surface area contributed by atoms with E-state index >= 15 is 0 Å². The fourth-order valence-corrected chi connectivity index (χ4v) is 1.50. The Bertz CT molecular complexity index is 324. The van der Waals surface area contributed by atoms with Gasteiger partial charge in [-0.3, -0.25) is 0 Å². The molecule has 0 aliphatic heterocycles. The Kier molecular flexibility index (Phi) is 3.34. The standard InChI is InChI=1S/C13H19N/c1-10(2)12-8-6-7-9-13(12)11(3)14(4)5/h6-10H,3H2,1-2,4-5H3. The van der Waals surface area contributed by atoms with E-state index < -0.39 is 0 Å². The zero-order valence-electron chi connectivity index (χ0n) is 9.54. The first kappa shape index (κ1) is 10.8. The van der Waals surface area contributed by atoms with Crippen LogP contribution in [-0.4, -0.2) is 19.0 Å². The van der Waals surface area contributed by atoms with Crippen molar-refractivity contribution in [3.63, 3.8) is 0 Å². The normalized spacial score (nSPS) is 10.4. The van der Waals surface area contributed by atoms with Gasteiger partial charge in [0, 0.05) is 25.4 Å². The lowest BCUT2D eigenvalue weighted by Gasteiger charge is -2.20. The molecule has 1 aromatic rings. The molecule has 0 unspecified atom stereocenters. The van der Waals surface area contributed by atoms with E-state index in [0.29, 0.717) is 5.92 Å². The molecular weight excluding hydrogens is 170 g/mol. The summed E-state index contributed by atoms with van der Waals surface area (Å²) >= 11 is 0. The summed E-state index contributed by atoms with van der Waals surface area (Å²) in [6.07, 6.45) is 0. The average molecular weight is 189 g/mol. The molecule has 0 spiro atoms. The van der Waals surface area contributed by atoms with Gasteiger partial charge in [-0.05, 0) is 11.5 Å². The second-order valence-electron chi connectivity index (χ2n) is 4.08. The quantitative estimate of drug-likeness (QED) is 0.705. The van der Waals surface area contributed by atoms with Gasteiger partial charge in [0.25, 0.3) is 0 Å². The molecule has 1 nitrogen and oxygen atoms in total. The lowest BCUT2D eigenvalue weighted by atomic mass is 9.95. The van der Waals surface area contributed by atoms with Gasteiger partial charge in [0.15, 0.2) is 0 Å². The van der Waals surface area contributed by atoms with Crippen molar-refractivity contribution >= 4 is 5.70 Å². The molecule has 0 bridgehead atoms. The van der Waals surface area contributed by atoms with Gasteiger partial charge in [0.05, 0.1) is 0 Å². The summed E-state index contributed by atoms with van der Waals surface area (Å²) in [5.41, 5.74) is 3.70. The van der Waals surface area contributed by atoms with E-state index in [4.69, 9.17) is 0 Å². The van der Waals surface area contributed by atoms with Crippen LogP contribution in [0.1, 0.15) is 30.9 Å². The maximum absolute atomic E-state index is 4.09. The van der Waals surface area contributed by atoms with E-state index in [0.717, 1.165) is 5.70 Å². The number of hydrogen-bond acceptors (Lipinski definition) is 1. The molecule has 0 N–H and O–H groups in total. The second kappa shape index (κ2) is 4.32. The number of hydrogen-bond donors (Lipinski definition) is 0. The van der Waals surface area contributed by atoms with Crippen molar-refractivity contribution in [3.05, 3.63) is 42.0 Å². The van der Waals surface area contributed by atoms with E-state index in [-0.39, 0.29) is 0 Å². The molecule has 0 amide bonds. The molecule has 14 heavy (non-hydrogen) atoms. The molecule has 0 aliphatic rings. The van der Waals surface area contributed by atoms with E-state index in [1.54, 1.807) is 0 Å². The van der Waals surface area contributed by atoms with Crippen molar-refractivity contribution in [2.24, 2.45) is 0 Å². The predicted octanol–water partition coefficient (Wildman–Crippen LogP) is 3.34. The van der Waals surface area contributed by atoms with Crippen LogP contribution in [0.5, 0.6) is 0 Å². The minimum absolute atomic E-state index is 0.544. The molecular formula is C13H19N. The van der Waals surface area contributed by atoms with Gasteiger partial charge < -0.3 is 4.90 Å². The zero-order chi connectivity index (χ0) is 10.7. The third-order valence-corrected chi connectivity index (χ3v) is 2.43. The van der Waals surface area contributed by atoms with E-state index in [2.05, 4.69) is 49.6 Å². The van der Waals surface area contributed by atoms with Crippen LogP contribution in [0.15, 0.2) is 30.8 Å². The van der Waals surface area contributed by atoms with Crippen LogP contribution in [0.4, 0.5) is 0 Å². The highest BCUT2D eigenvalue weighted by atomic mass is 15.1. The highest BCUT2D eigenvalue weighted by Gasteiger charge is 2.09. The Balaban J connectivity index is 3.13. The first-order valence-electron chi connectivity index (χ1n) is 4.99. The third-order valence-electron chi connectivity index (χ3n) is 2.43. The molecule has 0 heterocycles. The van der Waals surface area contributed by atoms with E-state index in [9.17, 15) is 0 Å². The summed E-state index contributed by atoms with van der Waals surface area (Å²) in [4.78, 5) is 2.06. The lowest BCUT2D eigenvalue weighted by Crippen LogP contribution is -2.10. The number of rotatable bonds is 3. The molecule has 1 heteroatoms. The number of benzene rings is 1. The van der Waals surface area contributed by atoms with Crippen molar-refractivity contribution in [2.45, 2.75) is 19.8 Å². The van der Waals surface area contributed by atoms with Crippen LogP contribution >= 0.6 is 0 Å². The Labute approximate surface area is 87.1 Å². The Morgan fingerprint density at radius 2 is 1.79 bits per heavy atom. The first-order chi connectivity index (χ1) is 6.54. The van der Waals surface area contributed by atoms with E-state index in [1.807, 2.05) is 14.1 Å². The summed E-state index contributed by atoms with van der Waals surface area (Å²) in [6, 6.07) is 8.46.